The lowest BCUT2D eigenvalue weighted by molar-refractivity contribution is -0.132. The molecule has 1 aliphatic heterocycles. The van der Waals surface area contributed by atoms with Crippen LogP contribution in [0, 0.1) is 6.92 Å². The van der Waals surface area contributed by atoms with Crippen molar-refractivity contribution in [2.45, 2.75) is 45.8 Å². The first-order valence-electron chi connectivity index (χ1n) is 12.1. The van der Waals surface area contributed by atoms with E-state index in [0.717, 1.165) is 23.3 Å². The quantitative estimate of drug-likeness (QED) is 0.476. The van der Waals surface area contributed by atoms with E-state index < -0.39 is 0 Å². The van der Waals surface area contributed by atoms with Crippen LogP contribution in [-0.4, -0.2) is 74.8 Å². The highest BCUT2D eigenvalue weighted by atomic mass is 32.1. The average Bonchev–Trinajstić information content (AvgIpc) is 3.52. The molecule has 0 bridgehead atoms. The number of amides is 3. The van der Waals surface area contributed by atoms with Crippen molar-refractivity contribution in [2.75, 3.05) is 47.0 Å². The molecule has 2 aromatic rings. The number of hydrogen-bond donors (Lipinski definition) is 1. The van der Waals surface area contributed by atoms with Gasteiger partial charge in [0.2, 0.25) is 5.91 Å². The third-order valence-electron chi connectivity index (χ3n) is 6.00. The number of aryl methyl sites for hydroxylation is 1. The second kappa shape index (κ2) is 13.3. The van der Waals surface area contributed by atoms with Crippen LogP contribution in [-0.2, 0) is 22.5 Å². The van der Waals surface area contributed by atoms with E-state index in [2.05, 4.69) is 24.4 Å². The monoisotopic (exact) mass is 503 g/mol. The van der Waals surface area contributed by atoms with Gasteiger partial charge in [0.05, 0.1) is 26.9 Å². The molecule has 1 fully saturated rings. The Kier molecular flexibility index (Phi) is 10.2. The summed E-state index contributed by atoms with van der Waals surface area (Å²) in [7, 11) is 3.22. The van der Waals surface area contributed by atoms with E-state index >= 15 is 0 Å². The zero-order valence-electron chi connectivity index (χ0n) is 21.2. The lowest BCUT2D eigenvalue weighted by Crippen LogP contribution is -2.49. The zero-order chi connectivity index (χ0) is 25.2. The topological polar surface area (TPSA) is 80.3 Å². The van der Waals surface area contributed by atoms with Crippen LogP contribution in [0.15, 0.2) is 30.3 Å². The molecule has 0 aliphatic carbocycles. The number of ether oxygens (including phenoxy) is 3. The van der Waals surface area contributed by atoms with Crippen LogP contribution >= 0.6 is 11.3 Å². The third kappa shape index (κ3) is 7.86. The van der Waals surface area contributed by atoms with Gasteiger partial charge in [0.25, 0.3) is 0 Å². The summed E-state index contributed by atoms with van der Waals surface area (Å²) in [5.74, 6) is 1.25. The first kappa shape index (κ1) is 26.8. The Hall–Kier alpha value is -2.78. The van der Waals surface area contributed by atoms with Gasteiger partial charge in [-0.15, -0.1) is 11.3 Å². The van der Waals surface area contributed by atoms with Crippen molar-refractivity contribution < 1.29 is 23.8 Å². The molecular weight excluding hydrogens is 466 g/mol. The molecule has 1 aromatic heterocycles. The Morgan fingerprint density at radius 3 is 2.57 bits per heavy atom. The highest BCUT2D eigenvalue weighted by molar-refractivity contribution is 7.11. The molecule has 0 spiro atoms. The van der Waals surface area contributed by atoms with Gasteiger partial charge in [-0.25, -0.2) is 4.79 Å². The molecule has 9 heteroatoms. The number of nitrogens with zero attached hydrogens (tertiary/aromatic N) is 2. The van der Waals surface area contributed by atoms with Crippen molar-refractivity contribution in [1.82, 2.24) is 15.1 Å². The fraction of sp³-hybridized carbons (Fsp3) is 0.538. The normalized spacial score (nSPS) is 15.0. The van der Waals surface area contributed by atoms with E-state index in [9.17, 15) is 9.59 Å². The van der Waals surface area contributed by atoms with E-state index in [1.807, 2.05) is 30.0 Å². The molecule has 1 aromatic carbocycles. The van der Waals surface area contributed by atoms with Gasteiger partial charge in [-0.3, -0.25) is 4.79 Å². The van der Waals surface area contributed by atoms with Crippen molar-refractivity contribution in [1.29, 1.82) is 0 Å². The number of rotatable bonds is 12. The van der Waals surface area contributed by atoms with Crippen molar-refractivity contribution >= 4 is 23.3 Å². The van der Waals surface area contributed by atoms with Crippen molar-refractivity contribution in [2.24, 2.45) is 0 Å². The third-order valence-corrected chi connectivity index (χ3v) is 6.99. The van der Waals surface area contributed by atoms with Crippen LogP contribution in [0.5, 0.6) is 11.5 Å². The summed E-state index contributed by atoms with van der Waals surface area (Å²) in [6, 6.07) is 9.69. The lowest BCUT2D eigenvalue weighted by Gasteiger charge is -2.29. The highest BCUT2D eigenvalue weighted by Gasteiger charge is 2.26. The summed E-state index contributed by atoms with van der Waals surface area (Å²) in [6.45, 7) is 6.61. The molecular formula is C26H37N3O5S. The van der Waals surface area contributed by atoms with Crippen LogP contribution in [0.25, 0.3) is 0 Å². The maximum atomic E-state index is 13.5. The number of benzene rings is 1. The van der Waals surface area contributed by atoms with Crippen molar-refractivity contribution in [3.05, 3.63) is 45.6 Å². The molecule has 1 atom stereocenters. The standard InChI is InChI=1S/C26H37N3O5S/c1-5-27-26(31)29(16-21-7-6-14-34-21)18-25(30)28(17-22-10-8-19(2)35-22)13-12-20-9-11-23(32-3)24(15-20)33-4/h8-11,15,21H,5-7,12-14,16-18H2,1-4H3,(H,27,31). The van der Waals surface area contributed by atoms with E-state index in [4.69, 9.17) is 14.2 Å². The van der Waals surface area contributed by atoms with E-state index in [1.54, 1.807) is 30.5 Å². The molecule has 192 valence electrons. The summed E-state index contributed by atoms with van der Waals surface area (Å²) in [4.78, 5) is 32.0. The molecule has 1 N–H and O–H groups in total. The number of methoxy groups -OCH3 is 2. The molecule has 1 saturated heterocycles. The second-order valence-electron chi connectivity index (χ2n) is 8.62. The first-order chi connectivity index (χ1) is 16.9. The maximum Gasteiger partial charge on any atom is 0.317 e. The second-order valence-corrected chi connectivity index (χ2v) is 9.99. The summed E-state index contributed by atoms with van der Waals surface area (Å²) < 4.78 is 16.5. The summed E-state index contributed by atoms with van der Waals surface area (Å²) in [6.07, 6.45) is 2.52. The minimum atomic E-state index is -0.233. The Labute approximate surface area is 212 Å². The smallest absolute Gasteiger partial charge is 0.317 e. The van der Waals surface area contributed by atoms with Gasteiger partial charge in [0, 0.05) is 36.0 Å². The maximum absolute atomic E-state index is 13.5. The largest absolute Gasteiger partial charge is 0.493 e. The molecule has 1 unspecified atom stereocenters. The molecule has 0 radical (unpaired) electrons. The minimum absolute atomic E-state index is 0.0159. The number of nitrogens with one attached hydrogen (secondary N) is 1. The predicted octanol–water partition coefficient (Wildman–Crippen LogP) is 3.86. The first-order valence-corrected chi connectivity index (χ1v) is 12.9. The Balaban J connectivity index is 1.73. The summed E-state index contributed by atoms with van der Waals surface area (Å²) >= 11 is 1.68. The number of thiophene rings is 1. The molecule has 8 nitrogen and oxygen atoms in total. The van der Waals surface area contributed by atoms with Crippen LogP contribution in [0.4, 0.5) is 4.79 Å². The van der Waals surface area contributed by atoms with Crippen LogP contribution in [0.3, 0.4) is 0 Å². The fourth-order valence-electron chi connectivity index (χ4n) is 4.13. The zero-order valence-corrected chi connectivity index (χ0v) is 22.0. The number of urea groups is 1. The van der Waals surface area contributed by atoms with Crippen molar-refractivity contribution in [3.8, 4) is 11.5 Å². The Morgan fingerprint density at radius 1 is 1.14 bits per heavy atom. The van der Waals surface area contributed by atoms with Crippen LogP contribution in [0.2, 0.25) is 0 Å². The molecule has 35 heavy (non-hydrogen) atoms. The van der Waals surface area contributed by atoms with Gasteiger partial charge in [-0.2, -0.15) is 0 Å². The van der Waals surface area contributed by atoms with Crippen molar-refractivity contribution in [3.63, 3.8) is 0 Å². The SMILES string of the molecule is CCNC(=O)N(CC(=O)N(CCc1ccc(OC)c(OC)c1)Cc1ccc(C)s1)CC1CCCO1. The molecule has 3 rings (SSSR count). The minimum Gasteiger partial charge on any atom is -0.493 e. The fourth-order valence-corrected chi connectivity index (χ4v) is 5.04. The van der Waals surface area contributed by atoms with E-state index in [-0.39, 0.29) is 24.6 Å². The average molecular weight is 504 g/mol. The van der Waals surface area contributed by atoms with Gasteiger partial charge in [0.1, 0.15) is 6.54 Å². The summed E-state index contributed by atoms with van der Waals surface area (Å²) in [5.41, 5.74) is 1.04. The van der Waals surface area contributed by atoms with Crippen LogP contribution in [0.1, 0.15) is 35.1 Å². The number of hydrogen-bond acceptors (Lipinski definition) is 6. The number of carbonyl (C=O) groups is 2. The number of carbonyl (C=O) groups excluding carboxylic acids is 2. The van der Waals surface area contributed by atoms with E-state index in [0.29, 0.717) is 50.7 Å². The molecule has 3 amide bonds. The highest BCUT2D eigenvalue weighted by Crippen LogP contribution is 2.28. The molecule has 0 saturated carbocycles. The Bertz CT molecular complexity index is 974. The van der Waals surface area contributed by atoms with E-state index in [1.165, 1.54) is 4.88 Å². The predicted molar refractivity (Wildman–Crippen MR) is 137 cm³/mol. The molecule has 1 aliphatic rings. The summed E-state index contributed by atoms with van der Waals surface area (Å²) in [5, 5.41) is 2.84. The lowest BCUT2D eigenvalue weighted by atomic mass is 10.1. The van der Waals surface area contributed by atoms with Gasteiger partial charge < -0.3 is 29.3 Å². The Morgan fingerprint density at radius 2 is 1.94 bits per heavy atom. The van der Waals surface area contributed by atoms with Gasteiger partial charge in [0.15, 0.2) is 11.5 Å². The van der Waals surface area contributed by atoms with Gasteiger partial charge in [-0.05, 0) is 62.9 Å². The van der Waals surface area contributed by atoms with Gasteiger partial charge >= 0.3 is 6.03 Å². The van der Waals surface area contributed by atoms with Crippen LogP contribution < -0.4 is 14.8 Å². The van der Waals surface area contributed by atoms with Gasteiger partial charge in [-0.1, -0.05) is 6.07 Å². The molecule has 2 heterocycles.